The third-order valence-electron chi connectivity index (χ3n) is 4.07. The normalized spacial score (nSPS) is 12.6. The van der Waals surface area contributed by atoms with Crippen LogP contribution in [0.5, 0.6) is 0 Å². The van der Waals surface area contributed by atoms with Gasteiger partial charge in [0, 0.05) is 35.5 Å². The number of aromatic nitrogens is 2. The number of aryl methyl sites for hydroxylation is 1. The molecule has 1 aliphatic rings. The molecule has 0 saturated carbocycles. The van der Waals surface area contributed by atoms with E-state index in [2.05, 4.69) is 20.6 Å². The number of fused-ring (bicyclic) bond motifs is 1. The van der Waals surface area contributed by atoms with E-state index in [0.29, 0.717) is 40.6 Å². The van der Waals surface area contributed by atoms with Gasteiger partial charge in [-0.2, -0.15) is 0 Å². The number of H-pyrrole nitrogens is 1. The number of amides is 2. The Hall–Kier alpha value is -2.61. The molecule has 1 aliphatic heterocycles. The maximum Gasteiger partial charge on any atom is 0.254 e. The molecule has 0 unspecified atom stereocenters. The zero-order valence-electron chi connectivity index (χ0n) is 13.9. The van der Waals surface area contributed by atoms with E-state index in [9.17, 15) is 14.4 Å². The van der Waals surface area contributed by atoms with Gasteiger partial charge < -0.3 is 15.6 Å². The van der Waals surface area contributed by atoms with Crippen molar-refractivity contribution in [2.45, 2.75) is 31.5 Å². The molecule has 0 bridgehead atoms. The molecular weight excluding hydrogens is 340 g/mol. The van der Waals surface area contributed by atoms with Gasteiger partial charge in [0.1, 0.15) is 0 Å². The molecule has 0 fully saturated rings. The largest absolute Gasteiger partial charge is 0.348 e. The maximum absolute atomic E-state index is 12.2. The summed E-state index contributed by atoms with van der Waals surface area (Å²) in [6, 6.07) is 5.26. The minimum Gasteiger partial charge on any atom is -0.348 e. The Labute approximate surface area is 148 Å². The van der Waals surface area contributed by atoms with Crippen LogP contribution in [-0.2, 0) is 17.8 Å². The Morgan fingerprint density at radius 1 is 1.36 bits per heavy atom. The van der Waals surface area contributed by atoms with E-state index in [1.54, 1.807) is 19.1 Å². The van der Waals surface area contributed by atoms with Crippen molar-refractivity contribution < 1.29 is 9.59 Å². The van der Waals surface area contributed by atoms with Crippen LogP contribution in [0.4, 0.5) is 5.69 Å². The third-order valence-corrected chi connectivity index (χ3v) is 4.65. The maximum atomic E-state index is 12.2. The number of carbonyl (C=O) groups is 2. The quantitative estimate of drug-likeness (QED) is 0.556. The Morgan fingerprint density at radius 3 is 2.88 bits per heavy atom. The first-order valence-corrected chi connectivity index (χ1v) is 9.05. The van der Waals surface area contributed by atoms with Crippen molar-refractivity contribution in [1.29, 1.82) is 0 Å². The topological polar surface area (TPSA) is 104 Å². The minimum absolute atomic E-state index is 0.131. The molecule has 1 aromatic heterocycles. The van der Waals surface area contributed by atoms with Crippen LogP contribution in [-0.4, -0.2) is 28.0 Å². The van der Waals surface area contributed by atoms with Crippen LogP contribution in [0.2, 0.25) is 0 Å². The van der Waals surface area contributed by atoms with Gasteiger partial charge in [0.2, 0.25) is 5.91 Å². The summed E-state index contributed by atoms with van der Waals surface area (Å²) in [5.41, 5.74) is 3.02. The van der Waals surface area contributed by atoms with Gasteiger partial charge >= 0.3 is 0 Å². The number of hydrogen-bond donors (Lipinski definition) is 3. The number of thioether (sulfide) groups is 1. The number of anilines is 1. The Morgan fingerprint density at radius 2 is 2.16 bits per heavy atom. The summed E-state index contributed by atoms with van der Waals surface area (Å²) in [5.74, 6) is -0.348. The van der Waals surface area contributed by atoms with Crippen LogP contribution in [0.15, 0.2) is 28.2 Å². The SMILES string of the molecule is CSc1nc(C)c(CCC(=O)Nc2ccc3c(c2)C(=O)NC3)c(=O)[nH]1. The molecule has 3 N–H and O–H groups in total. The molecule has 0 aliphatic carbocycles. The standard InChI is InChI=1S/C17H18N4O3S/c1-9-12(16(24)21-17(19-9)25-2)5-6-14(22)20-11-4-3-10-8-18-15(23)13(10)7-11/h3-4,7H,5-6,8H2,1-2H3,(H,18,23)(H,20,22)(H,19,21,24). The fraction of sp³-hybridized carbons (Fsp3) is 0.294. The highest BCUT2D eigenvalue weighted by Gasteiger charge is 2.19. The van der Waals surface area contributed by atoms with Crippen molar-refractivity contribution >= 4 is 29.3 Å². The summed E-state index contributed by atoms with van der Waals surface area (Å²) < 4.78 is 0. The predicted octanol–water partition coefficient (Wildman–Crippen LogP) is 1.61. The molecule has 7 nitrogen and oxygen atoms in total. The van der Waals surface area contributed by atoms with Crippen LogP contribution in [0, 0.1) is 6.92 Å². The van der Waals surface area contributed by atoms with Crippen molar-refractivity contribution in [1.82, 2.24) is 15.3 Å². The second-order valence-electron chi connectivity index (χ2n) is 5.74. The van der Waals surface area contributed by atoms with E-state index in [1.807, 2.05) is 12.3 Å². The van der Waals surface area contributed by atoms with Gasteiger partial charge in [0.15, 0.2) is 5.16 Å². The molecule has 0 radical (unpaired) electrons. The lowest BCUT2D eigenvalue weighted by molar-refractivity contribution is -0.116. The monoisotopic (exact) mass is 358 g/mol. The molecule has 0 atom stereocenters. The molecular formula is C17H18N4O3S. The number of carbonyl (C=O) groups excluding carboxylic acids is 2. The molecule has 1 aromatic carbocycles. The lowest BCUT2D eigenvalue weighted by Gasteiger charge is -2.08. The van der Waals surface area contributed by atoms with Crippen molar-refractivity contribution in [3.8, 4) is 0 Å². The molecule has 0 saturated heterocycles. The minimum atomic E-state index is -0.217. The number of rotatable bonds is 5. The van der Waals surface area contributed by atoms with Gasteiger partial charge in [-0.25, -0.2) is 4.98 Å². The Balaban J connectivity index is 1.65. The average Bonchev–Trinajstić information content (AvgIpc) is 2.94. The highest BCUT2D eigenvalue weighted by molar-refractivity contribution is 7.98. The zero-order chi connectivity index (χ0) is 18.0. The molecule has 130 valence electrons. The number of hydrogen-bond acceptors (Lipinski definition) is 5. The molecule has 2 heterocycles. The molecule has 3 rings (SSSR count). The van der Waals surface area contributed by atoms with E-state index in [1.165, 1.54) is 11.8 Å². The summed E-state index contributed by atoms with van der Waals surface area (Å²) in [7, 11) is 0. The summed E-state index contributed by atoms with van der Waals surface area (Å²) >= 11 is 1.36. The lowest BCUT2D eigenvalue weighted by Crippen LogP contribution is -2.20. The summed E-state index contributed by atoms with van der Waals surface area (Å²) in [6.45, 7) is 2.28. The summed E-state index contributed by atoms with van der Waals surface area (Å²) in [4.78, 5) is 42.9. The van der Waals surface area contributed by atoms with Gasteiger partial charge in [-0.3, -0.25) is 14.4 Å². The summed E-state index contributed by atoms with van der Waals surface area (Å²) in [5, 5.41) is 6.07. The average molecular weight is 358 g/mol. The number of nitrogens with zero attached hydrogens (tertiary/aromatic N) is 1. The highest BCUT2D eigenvalue weighted by atomic mass is 32.2. The van der Waals surface area contributed by atoms with Gasteiger partial charge in [0.25, 0.3) is 11.5 Å². The third kappa shape index (κ3) is 3.74. The van der Waals surface area contributed by atoms with Crippen molar-refractivity contribution in [2.24, 2.45) is 0 Å². The highest BCUT2D eigenvalue weighted by Crippen LogP contribution is 2.20. The molecule has 25 heavy (non-hydrogen) atoms. The first-order valence-electron chi connectivity index (χ1n) is 7.82. The van der Waals surface area contributed by atoms with Crippen molar-refractivity contribution in [2.75, 3.05) is 11.6 Å². The van der Waals surface area contributed by atoms with Crippen LogP contribution in [0.3, 0.4) is 0 Å². The Bertz CT molecular complexity index is 907. The van der Waals surface area contributed by atoms with Gasteiger partial charge in [-0.1, -0.05) is 17.8 Å². The second-order valence-corrected chi connectivity index (χ2v) is 6.54. The number of aromatic amines is 1. The number of nitrogens with one attached hydrogen (secondary N) is 3. The zero-order valence-corrected chi connectivity index (χ0v) is 14.8. The molecule has 8 heteroatoms. The fourth-order valence-corrected chi connectivity index (χ4v) is 3.15. The van der Waals surface area contributed by atoms with Gasteiger partial charge in [-0.05, 0) is 37.3 Å². The van der Waals surface area contributed by atoms with Crippen LogP contribution >= 0.6 is 11.8 Å². The lowest BCUT2D eigenvalue weighted by atomic mass is 10.1. The Kier molecular flexibility index (Phi) is 4.89. The van der Waals surface area contributed by atoms with Crippen LogP contribution < -0.4 is 16.2 Å². The van der Waals surface area contributed by atoms with Crippen LogP contribution in [0.1, 0.15) is 33.6 Å². The fourth-order valence-electron chi connectivity index (χ4n) is 2.73. The second kappa shape index (κ2) is 7.10. The molecule has 0 spiro atoms. The smallest absolute Gasteiger partial charge is 0.254 e. The van der Waals surface area contributed by atoms with Gasteiger partial charge in [-0.15, -0.1) is 0 Å². The number of benzene rings is 1. The van der Waals surface area contributed by atoms with E-state index in [-0.39, 0.29) is 23.8 Å². The molecule has 2 aromatic rings. The first kappa shape index (κ1) is 17.2. The van der Waals surface area contributed by atoms with E-state index < -0.39 is 0 Å². The van der Waals surface area contributed by atoms with E-state index >= 15 is 0 Å². The first-order chi connectivity index (χ1) is 12.0. The predicted molar refractivity (Wildman–Crippen MR) is 95.9 cm³/mol. The van der Waals surface area contributed by atoms with Crippen LogP contribution in [0.25, 0.3) is 0 Å². The van der Waals surface area contributed by atoms with Crippen molar-refractivity contribution in [3.05, 3.63) is 50.9 Å². The van der Waals surface area contributed by atoms with Gasteiger partial charge in [0.05, 0.1) is 0 Å². The van der Waals surface area contributed by atoms with Crippen molar-refractivity contribution in [3.63, 3.8) is 0 Å². The molecule has 2 amide bonds. The van der Waals surface area contributed by atoms with E-state index in [0.717, 1.165) is 5.56 Å². The summed E-state index contributed by atoms with van der Waals surface area (Å²) in [6.07, 6.45) is 2.30. The van der Waals surface area contributed by atoms with E-state index in [4.69, 9.17) is 0 Å².